The van der Waals surface area contributed by atoms with Gasteiger partial charge >= 0.3 is 12.1 Å². The van der Waals surface area contributed by atoms with Crippen molar-refractivity contribution < 1.29 is 95.2 Å². The van der Waals surface area contributed by atoms with Crippen LogP contribution in [0, 0.1) is 24.6 Å². The van der Waals surface area contributed by atoms with Crippen molar-refractivity contribution in [1.29, 1.82) is 0 Å². The maximum Gasteiger partial charge on any atom is 0.407 e. The summed E-state index contributed by atoms with van der Waals surface area (Å²) >= 11 is 0. The van der Waals surface area contributed by atoms with Crippen molar-refractivity contribution in [3.05, 3.63) is 139 Å². The van der Waals surface area contributed by atoms with Gasteiger partial charge in [-0.05, 0) is 137 Å². The molecule has 33 nitrogen and oxygen atoms in total. The molecule has 1 saturated carbocycles. The average Bonchev–Trinajstić information content (AvgIpc) is 1.57. The molecule has 2 aromatic carbocycles. The second-order valence-corrected chi connectivity index (χ2v) is 28.5. The van der Waals surface area contributed by atoms with E-state index in [-0.39, 0.29) is 105 Å². The van der Waals surface area contributed by atoms with E-state index in [2.05, 4.69) is 41.9 Å². The number of carbonyl (C=O) groups excluding carboxylic acids is 8. The second kappa shape index (κ2) is 39.1. The van der Waals surface area contributed by atoms with E-state index in [4.69, 9.17) is 52.4 Å². The van der Waals surface area contributed by atoms with Crippen molar-refractivity contribution in [1.82, 2.24) is 60.6 Å². The van der Waals surface area contributed by atoms with E-state index < -0.39 is 64.9 Å². The van der Waals surface area contributed by atoms with Crippen LogP contribution in [0.4, 0.5) is 14.9 Å². The van der Waals surface area contributed by atoms with Crippen LogP contribution in [0.15, 0.2) is 71.9 Å². The normalized spacial score (nSPS) is 19.1. The number of fused-ring (bicyclic) bond motifs is 5. The number of benzene rings is 2. The van der Waals surface area contributed by atoms with Crippen LogP contribution >= 0.6 is 0 Å². The molecular formula is C79H98FN13O20. The summed E-state index contributed by atoms with van der Waals surface area (Å²) in [7, 11) is 1.75. The van der Waals surface area contributed by atoms with Crippen LogP contribution < -0.4 is 36.9 Å². The molecule has 4 atom stereocenters. The molecule has 12 rings (SSSR count). The third-order valence-electron chi connectivity index (χ3n) is 21.2. The summed E-state index contributed by atoms with van der Waals surface area (Å²) in [5.41, 5.74) is 3.97. The number of hydrogen-bond donors (Lipinski definition) is 6. The third-order valence-corrected chi connectivity index (χ3v) is 21.2. The quantitative estimate of drug-likeness (QED) is 0.0175. The van der Waals surface area contributed by atoms with Crippen LogP contribution in [-0.2, 0) is 123 Å². The van der Waals surface area contributed by atoms with Crippen molar-refractivity contribution >= 4 is 64.1 Å². The number of imide groups is 1. The monoisotopic (exact) mass is 1570 g/mol. The SMILES string of the molecule is CC[C@@]1(O)C(=O)OCc2c1cc1n(c2=O)Cc2c-1nc1cc(F)c(C)c3c1c2[C@@H](NC(=O)OCc1ccc(NC(=O)[C@@H]2CCCN2C(=O)[C@@H](C)NC(=O)c2ccncc2OCCOCCOCCOCCOCCOCCOCCOCCn2cc(CNC(=O)C4CCC(CN5C(=O)C=CC5=O)CC4)nn2)cc1CNC)CC3. The Morgan fingerprint density at radius 2 is 1.44 bits per heavy atom. The maximum atomic E-state index is 15.6. The molecule has 2 fully saturated rings. The number of esters is 1. The van der Waals surface area contributed by atoms with Crippen molar-refractivity contribution in [2.24, 2.45) is 11.8 Å². The van der Waals surface area contributed by atoms with Gasteiger partial charge in [0.15, 0.2) is 5.60 Å². The van der Waals surface area contributed by atoms with Crippen LogP contribution in [-0.4, -0.2) is 223 Å². The summed E-state index contributed by atoms with van der Waals surface area (Å²) in [6.07, 6.45) is 11.1. The molecule has 606 valence electrons. The lowest BCUT2D eigenvalue weighted by Crippen LogP contribution is -2.51. The zero-order chi connectivity index (χ0) is 79.5. The van der Waals surface area contributed by atoms with E-state index in [1.807, 2.05) is 0 Å². The number of halogens is 1. The Hall–Kier alpha value is -10.0. The number of aryl methyl sites for hydroxylation is 1. The lowest BCUT2D eigenvalue weighted by molar-refractivity contribution is -0.172. The first-order chi connectivity index (χ1) is 54.8. The number of aromatic nitrogens is 6. The molecule has 2 aliphatic carbocycles. The number of rotatable bonds is 41. The molecule has 8 heterocycles. The summed E-state index contributed by atoms with van der Waals surface area (Å²) < 4.78 is 75.0. The van der Waals surface area contributed by atoms with Crippen LogP contribution in [0.25, 0.3) is 22.3 Å². The van der Waals surface area contributed by atoms with E-state index >= 15 is 4.39 Å². The van der Waals surface area contributed by atoms with Gasteiger partial charge in [0.05, 0.1) is 159 Å². The van der Waals surface area contributed by atoms with E-state index in [9.17, 15) is 48.3 Å². The molecule has 1 saturated heterocycles. The van der Waals surface area contributed by atoms with E-state index in [1.54, 1.807) is 63.0 Å². The number of amides is 7. The molecule has 0 bridgehead atoms. The molecule has 0 unspecified atom stereocenters. The zero-order valence-electron chi connectivity index (χ0n) is 64.0. The molecule has 113 heavy (non-hydrogen) atoms. The van der Waals surface area contributed by atoms with Gasteiger partial charge in [0.1, 0.15) is 49.2 Å². The zero-order valence-corrected chi connectivity index (χ0v) is 64.0. The molecule has 4 aromatic heterocycles. The second-order valence-electron chi connectivity index (χ2n) is 28.5. The first kappa shape index (κ1) is 82.4. The van der Waals surface area contributed by atoms with Crippen molar-refractivity contribution in [2.45, 2.75) is 142 Å². The van der Waals surface area contributed by atoms with Gasteiger partial charge in [-0.3, -0.25) is 43.4 Å². The highest BCUT2D eigenvalue weighted by Crippen LogP contribution is 2.46. The number of nitrogens with one attached hydrogen (secondary N) is 5. The van der Waals surface area contributed by atoms with Gasteiger partial charge in [-0.25, -0.2) is 23.6 Å². The fourth-order valence-corrected chi connectivity index (χ4v) is 15.1. The summed E-state index contributed by atoms with van der Waals surface area (Å²) in [4.78, 5) is 131. The van der Waals surface area contributed by atoms with E-state index in [0.717, 1.165) is 18.4 Å². The van der Waals surface area contributed by atoms with Gasteiger partial charge in [-0.2, -0.15) is 0 Å². The van der Waals surface area contributed by atoms with Gasteiger partial charge in [-0.1, -0.05) is 18.2 Å². The van der Waals surface area contributed by atoms with E-state index in [1.165, 1.54) is 51.0 Å². The minimum absolute atomic E-state index is 0.0307. The fraction of sp³-hybridized carbons (Fsp3) is 0.532. The Kier molecular flexibility index (Phi) is 28.5. The van der Waals surface area contributed by atoms with Crippen LogP contribution in [0.1, 0.15) is 132 Å². The fourth-order valence-electron chi connectivity index (χ4n) is 15.1. The molecule has 0 spiro atoms. The average molecular weight is 1570 g/mol. The number of aliphatic hydroxyl groups is 1. The van der Waals surface area contributed by atoms with Gasteiger partial charge in [0.2, 0.25) is 17.7 Å². The standard InChI is InChI=1S/C79H98FN13O20/c1-5-79(103)60-38-65-71-58(45-92(65)76(100)59(60)47-112-77(79)101)70-62(15-14-56-48(2)61(80)39-63(86-71)69(56)70)87-78(102)113-46-52-12-13-54(37-53(52)40-81-4)85-74(98)64-7-6-20-91(64)75(99)49(3)84-73(97)57-18-19-82-42-66(57)111-36-35-110-34-33-109-32-31-108-30-29-107-28-27-106-26-25-105-24-23-104-22-21-90-44-55(88-89-90)41-83-72(96)51-10-8-50(9-11-51)43-93-67(94)16-17-68(93)95/h12-13,16-19,37-39,42,44,49-51,62,64,81,103H,5-11,14-15,20-36,40-41,43,45-47H2,1-4H3,(H,83,96)(H,84,97)(H,85,98)(H,87,102)/t49-,50?,51?,62+,64+,79+/m1/s1. The minimum atomic E-state index is -2.05. The minimum Gasteiger partial charge on any atom is -0.489 e. The topological polar surface area (TPSA) is 394 Å². The summed E-state index contributed by atoms with van der Waals surface area (Å²) in [5, 5.41) is 35.3. The van der Waals surface area contributed by atoms with E-state index in [0.29, 0.717) is 205 Å². The first-order valence-electron chi connectivity index (χ1n) is 38.6. The maximum absolute atomic E-state index is 15.6. The number of ether oxygens (including phenoxy) is 10. The van der Waals surface area contributed by atoms with Gasteiger partial charge in [-0.15, -0.1) is 5.10 Å². The predicted molar refractivity (Wildman–Crippen MR) is 402 cm³/mol. The number of anilines is 1. The highest BCUT2D eigenvalue weighted by atomic mass is 19.1. The Bertz CT molecular complexity index is 4530. The molecule has 34 heteroatoms. The van der Waals surface area contributed by atoms with Gasteiger partial charge in [0.25, 0.3) is 23.3 Å². The van der Waals surface area contributed by atoms with Crippen molar-refractivity contribution in [3.63, 3.8) is 0 Å². The highest BCUT2D eigenvalue weighted by Gasteiger charge is 2.47. The molecule has 6 N–H and O–H groups in total. The Morgan fingerprint density at radius 1 is 0.770 bits per heavy atom. The van der Waals surface area contributed by atoms with Gasteiger partial charge in [0, 0.05) is 72.2 Å². The Balaban J connectivity index is 0.484. The third kappa shape index (κ3) is 20.1. The molecule has 6 aromatic rings. The predicted octanol–water partition coefficient (Wildman–Crippen LogP) is 4.44. The summed E-state index contributed by atoms with van der Waals surface area (Å²) in [6.45, 7) is 11.5. The number of hydrogen-bond acceptors (Lipinski definition) is 25. The molecule has 4 aliphatic heterocycles. The molecule has 0 radical (unpaired) electrons. The van der Waals surface area contributed by atoms with Crippen LogP contribution in [0.3, 0.4) is 0 Å². The van der Waals surface area contributed by atoms with Gasteiger partial charge < -0.3 is 88.5 Å². The summed E-state index contributed by atoms with van der Waals surface area (Å²) in [6, 6.07) is 7.12. The number of nitrogens with zero attached hydrogens (tertiary/aromatic N) is 8. The molecule has 7 amide bonds. The lowest BCUT2D eigenvalue weighted by Gasteiger charge is -2.31. The summed E-state index contributed by atoms with van der Waals surface area (Å²) in [5.74, 6) is -3.04. The number of cyclic esters (lactones) is 1. The Labute approximate surface area is 651 Å². The van der Waals surface area contributed by atoms with Crippen molar-refractivity contribution in [2.75, 3.05) is 125 Å². The molecule has 6 aliphatic rings. The smallest absolute Gasteiger partial charge is 0.407 e. The lowest BCUT2D eigenvalue weighted by atomic mass is 9.81. The number of carbonyl (C=O) groups is 8. The number of pyridine rings is 3. The largest absolute Gasteiger partial charge is 0.489 e. The highest BCUT2D eigenvalue weighted by molar-refractivity contribution is 6.13. The van der Waals surface area contributed by atoms with Crippen molar-refractivity contribution in [3.8, 4) is 17.1 Å². The number of alkyl carbamates (subject to hydrolysis) is 1. The first-order valence-corrected chi connectivity index (χ1v) is 38.6. The Morgan fingerprint density at radius 3 is 2.12 bits per heavy atom. The van der Waals surface area contributed by atoms with Crippen LogP contribution in [0.5, 0.6) is 5.75 Å². The number of likely N-dealkylation sites (tertiary alicyclic amines) is 1. The molecular weight excluding hydrogens is 1470 g/mol. The van der Waals surface area contributed by atoms with Crippen LogP contribution in [0.2, 0.25) is 0 Å².